The molecule has 0 aliphatic carbocycles. The Balaban J connectivity index is 1.98. The monoisotopic (exact) mass is 364 g/mol. The van der Waals surface area contributed by atoms with Crippen LogP contribution in [0.1, 0.15) is 25.7 Å². The van der Waals surface area contributed by atoms with Crippen molar-refractivity contribution in [1.29, 1.82) is 0 Å². The predicted molar refractivity (Wildman–Crippen MR) is 84.5 cm³/mol. The Morgan fingerprint density at radius 1 is 1.36 bits per heavy atom. The van der Waals surface area contributed by atoms with Crippen molar-refractivity contribution in [3.8, 4) is 0 Å². The van der Waals surface area contributed by atoms with Gasteiger partial charge in [-0.25, -0.2) is 4.79 Å². The highest BCUT2D eigenvalue weighted by Gasteiger charge is 2.54. The second-order valence-electron chi connectivity index (χ2n) is 6.66. The van der Waals surface area contributed by atoms with Crippen LogP contribution >= 0.6 is 0 Å². The number of aliphatic hydroxyl groups is 4. The molecule has 2 fully saturated rings. The second kappa shape index (κ2) is 8.69. The van der Waals surface area contributed by atoms with E-state index < -0.39 is 49.2 Å². The largest absolute Gasteiger partial charge is 0.477 e. The molecule has 0 bridgehead atoms. The molecule has 10 heteroatoms. The lowest BCUT2D eigenvalue weighted by molar-refractivity contribution is -0.323. The molecule has 8 N–H and O–H groups in total. The summed E-state index contributed by atoms with van der Waals surface area (Å²) < 4.78 is 10.7. The van der Waals surface area contributed by atoms with Crippen molar-refractivity contribution in [3.05, 3.63) is 0 Å². The first-order valence-corrected chi connectivity index (χ1v) is 8.49. The fourth-order valence-electron chi connectivity index (χ4n) is 3.34. The van der Waals surface area contributed by atoms with E-state index in [1.807, 2.05) is 0 Å². The summed E-state index contributed by atoms with van der Waals surface area (Å²) in [5, 5.41) is 51.4. The average molecular weight is 364 g/mol. The van der Waals surface area contributed by atoms with Crippen molar-refractivity contribution in [2.45, 2.75) is 68.0 Å². The van der Waals surface area contributed by atoms with E-state index in [4.69, 9.17) is 20.3 Å². The lowest BCUT2D eigenvalue weighted by Crippen LogP contribution is -2.62. The third-order valence-electron chi connectivity index (χ3n) is 4.85. The van der Waals surface area contributed by atoms with Crippen LogP contribution in [0.3, 0.4) is 0 Å². The molecule has 0 aromatic heterocycles. The van der Waals surface area contributed by atoms with Crippen molar-refractivity contribution < 1.29 is 39.8 Å². The van der Waals surface area contributed by atoms with Gasteiger partial charge in [-0.2, -0.15) is 0 Å². The van der Waals surface area contributed by atoms with Gasteiger partial charge in [-0.1, -0.05) is 0 Å². The van der Waals surface area contributed by atoms with Gasteiger partial charge in [0.25, 0.3) is 5.79 Å². The van der Waals surface area contributed by atoms with Gasteiger partial charge in [0, 0.05) is 25.0 Å². The number of aliphatic carboxylic acids is 1. The van der Waals surface area contributed by atoms with Gasteiger partial charge in [-0.3, -0.25) is 0 Å². The molecule has 0 aromatic carbocycles. The zero-order valence-electron chi connectivity index (χ0n) is 14.0. The highest BCUT2D eigenvalue weighted by Crippen LogP contribution is 2.33. The third kappa shape index (κ3) is 4.66. The topological polar surface area (TPSA) is 175 Å². The molecular weight excluding hydrogens is 336 g/mol. The van der Waals surface area contributed by atoms with Crippen LogP contribution in [-0.4, -0.2) is 93.5 Å². The predicted octanol–water partition coefficient (Wildman–Crippen LogP) is -2.88. The SMILES string of the molecule is NCC1CCC(CCO[C@]2(C(=O)O)CC(O)[C@@H](O)C([C@H](O)CO)O2)N1. The van der Waals surface area contributed by atoms with E-state index in [9.17, 15) is 25.2 Å². The smallest absolute Gasteiger partial charge is 0.364 e. The van der Waals surface area contributed by atoms with Crippen LogP contribution in [-0.2, 0) is 14.3 Å². The van der Waals surface area contributed by atoms with Crippen molar-refractivity contribution in [1.82, 2.24) is 5.32 Å². The Bertz CT molecular complexity index is 453. The molecule has 2 saturated heterocycles. The summed E-state index contributed by atoms with van der Waals surface area (Å²) in [4.78, 5) is 11.7. The zero-order valence-corrected chi connectivity index (χ0v) is 14.0. The molecule has 0 saturated carbocycles. The maximum absolute atomic E-state index is 11.7. The highest BCUT2D eigenvalue weighted by molar-refractivity contribution is 5.76. The number of carboxylic acid groups (broad SMARTS) is 1. The number of carboxylic acids is 1. The van der Waals surface area contributed by atoms with Crippen molar-refractivity contribution in [2.24, 2.45) is 5.73 Å². The minimum absolute atomic E-state index is 0.0476. The van der Waals surface area contributed by atoms with Crippen LogP contribution < -0.4 is 11.1 Å². The number of ether oxygens (including phenoxy) is 2. The van der Waals surface area contributed by atoms with E-state index in [2.05, 4.69) is 5.32 Å². The lowest BCUT2D eigenvalue weighted by Gasteiger charge is -2.43. The number of nitrogens with two attached hydrogens (primary N) is 1. The van der Waals surface area contributed by atoms with Crippen LogP contribution in [0.4, 0.5) is 0 Å². The molecule has 0 spiro atoms. The average Bonchev–Trinajstić information content (AvgIpc) is 3.05. The molecular formula is C15H28N2O8. The van der Waals surface area contributed by atoms with Crippen molar-refractivity contribution in [3.63, 3.8) is 0 Å². The fraction of sp³-hybridized carbons (Fsp3) is 0.933. The number of aliphatic hydroxyl groups excluding tert-OH is 4. The second-order valence-corrected chi connectivity index (χ2v) is 6.66. The molecule has 4 unspecified atom stereocenters. The Labute approximate surface area is 145 Å². The molecule has 2 rings (SSSR count). The molecule has 2 heterocycles. The molecule has 25 heavy (non-hydrogen) atoms. The Morgan fingerprint density at radius 2 is 2.04 bits per heavy atom. The van der Waals surface area contributed by atoms with Crippen LogP contribution in [0, 0.1) is 0 Å². The Hall–Kier alpha value is -0.850. The third-order valence-corrected chi connectivity index (χ3v) is 4.85. The standard InChI is InChI=1S/C15H28N2O8/c16-6-9-2-1-8(17-9)3-4-24-15(14(22)23)5-10(19)12(21)13(25-15)11(20)7-18/h8-13,17-21H,1-7,16H2,(H,22,23)/t8?,9?,10?,11-,12-,13?,15-/m1/s1. The lowest BCUT2D eigenvalue weighted by atomic mass is 9.92. The summed E-state index contributed by atoms with van der Waals surface area (Å²) in [5.74, 6) is -3.65. The number of rotatable bonds is 8. The Kier molecular flexibility index (Phi) is 7.11. The Morgan fingerprint density at radius 3 is 2.60 bits per heavy atom. The van der Waals surface area contributed by atoms with Gasteiger partial charge in [0.2, 0.25) is 0 Å². The van der Waals surface area contributed by atoms with Gasteiger partial charge < -0.3 is 46.1 Å². The quantitative estimate of drug-likeness (QED) is 0.237. The molecule has 0 aromatic rings. The molecule has 2 aliphatic heterocycles. The summed E-state index contributed by atoms with van der Waals surface area (Å²) in [6.45, 7) is -0.174. The summed E-state index contributed by atoms with van der Waals surface area (Å²) in [6, 6.07) is 0.391. The van der Waals surface area contributed by atoms with Gasteiger partial charge in [-0.05, 0) is 19.3 Å². The van der Waals surface area contributed by atoms with Crippen molar-refractivity contribution >= 4 is 5.97 Å². The maximum Gasteiger partial charge on any atom is 0.364 e. The molecule has 2 aliphatic rings. The normalized spacial score (nSPS) is 40.1. The van der Waals surface area contributed by atoms with Crippen LogP contribution in [0.25, 0.3) is 0 Å². The molecule has 0 radical (unpaired) electrons. The van der Waals surface area contributed by atoms with E-state index in [-0.39, 0.29) is 18.7 Å². The van der Waals surface area contributed by atoms with Gasteiger partial charge in [0.15, 0.2) is 0 Å². The molecule has 7 atom stereocenters. The highest BCUT2D eigenvalue weighted by atomic mass is 16.7. The first-order valence-electron chi connectivity index (χ1n) is 8.49. The maximum atomic E-state index is 11.7. The minimum Gasteiger partial charge on any atom is -0.477 e. The number of hydrogen-bond acceptors (Lipinski definition) is 9. The molecule has 146 valence electrons. The van der Waals surface area contributed by atoms with Gasteiger partial charge in [-0.15, -0.1) is 0 Å². The number of hydrogen-bond donors (Lipinski definition) is 7. The van der Waals surface area contributed by atoms with Gasteiger partial charge in [0.1, 0.15) is 18.3 Å². The molecule has 10 nitrogen and oxygen atoms in total. The summed E-state index contributed by atoms with van der Waals surface area (Å²) >= 11 is 0. The van der Waals surface area contributed by atoms with Crippen LogP contribution in [0.2, 0.25) is 0 Å². The number of nitrogens with one attached hydrogen (secondary N) is 1. The van der Waals surface area contributed by atoms with E-state index in [1.54, 1.807) is 0 Å². The molecule has 0 amide bonds. The summed E-state index contributed by atoms with van der Waals surface area (Å²) in [6.07, 6.45) is -4.13. The van der Waals surface area contributed by atoms with E-state index in [0.29, 0.717) is 13.0 Å². The van der Waals surface area contributed by atoms with E-state index >= 15 is 0 Å². The minimum atomic E-state index is -2.19. The summed E-state index contributed by atoms with van der Waals surface area (Å²) in [7, 11) is 0. The number of carbonyl (C=O) groups is 1. The van der Waals surface area contributed by atoms with Gasteiger partial charge >= 0.3 is 5.97 Å². The first-order chi connectivity index (χ1) is 11.8. The first kappa shape index (κ1) is 20.5. The zero-order chi connectivity index (χ0) is 18.6. The fourth-order valence-corrected chi connectivity index (χ4v) is 3.34. The summed E-state index contributed by atoms with van der Waals surface area (Å²) in [5.41, 5.74) is 5.60. The van der Waals surface area contributed by atoms with E-state index in [1.165, 1.54) is 0 Å². The van der Waals surface area contributed by atoms with Crippen molar-refractivity contribution in [2.75, 3.05) is 19.8 Å². The van der Waals surface area contributed by atoms with E-state index in [0.717, 1.165) is 12.8 Å². The van der Waals surface area contributed by atoms with Crippen LogP contribution in [0.5, 0.6) is 0 Å². The van der Waals surface area contributed by atoms with Crippen LogP contribution in [0.15, 0.2) is 0 Å². The van der Waals surface area contributed by atoms with Gasteiger partial charge in [0.05, 0.1) is 19.3 Å².